The number of hydrogen-bond acceptors (Lipinski definition) is 4. The van der Waals surface area contributed by atoms with Crippen molar-refractivity contribution < 1.29 is 4.52 Å². The van der Waals surface area contributed by atoms with Gasteiger partial charge in [-0.1, -0.05) is 5.16 Å². The van der Waals surface area contributed by atoms with E-state index in [-0.39, 0.29) is 0 Å². The van der Waals surface area contributed by atoms with Crippen LogP contribution in [0.5, 0.6) is 0 Å². The number of nitrogens with one attached hydrogen (secondary N) is 1. The third-order valence-electron chi connectivity index (χ3n) is 5.10. The third-order valence-corrected chi connectivity index (χ3v) is 5.10. The maximum Gasteiger partial charge on any atom is 0.230 e. The predicted octanol–water partition coefficient (Wildman–Crippen LogP) is 1.59. The quantitative estimate of drug-likeness (QED) is 0.858. The van der Waals surface area contributed by atoms with Crippen LogP contribution in [0.2, 0.25) is 0 Å². The number of nitrogens with zero attached hydrogens (tertiary/aromatic N) is 2. The second-order valence-corrected chi connectivity index (χ2v) is 5.92. The van der Waals surface area contributed by atoms with Crippen LogP contribution in [0.1, 0.15) is 36.9 Å². The van der Waals surface area contributed by atoms with E-state index in [2.05, 4.69) is 15.5 Å². The van der Waals surface area contributed by atoms with Crippen molar-refractivity contribution in [3.63, 3.8) is 0 Å². The molecule has 0 aliphatic heterocycles. The molecule has 1 aromatic rings. The van der Waals surface area contributed by atoms with Crippen LogP contribution >= 0.6 is 0 Å². The highest BCUT2D eigenvalue weighted by Crippen LogP contribution is 2.72. The number of hydrogen-bond donors (Lipinski definition) is 1. The zero-order valence-corrected chi connectivity index (χ0v) is 10.2. The number of rotatable bonds is 4. The summed E-state index contributed by atoms with van der Waals surface area (Å²) < 4.78 is 5.46. The summed E-state index contributed by atoms with van der Waals surface area (Å²) in [6.45, 7) is 0.918. The van der Waals surface area contributed by atoms with Gasteiger partial charge in [-0.3, -0.25) is 0 Å². The van der Waals surface area contributed by atoms with Gasteiger partial charge in [0.05, 0.1) is 0 Å². The molecule has 0 radical (unpaired) electrons. The molecule has 4 rings (SSSR count). The molecule has 2 bridgehead atoms. The summed E-state index contributed by atoms with van der Waals surface area (Å²) in [7, 11) is 1.95. The highest BCUT2D eigenvalue weighted by molar-refractivity contribution is 5.22. The minimum atomic E-state index is 0.622. The topological polar surface area (TPSA) is 51.0 Å². The molecule has 4 nitrogen and oxygen atoms in total. The van der Waals surface area contributed by atoms with Gasteiger partial charge in [0.15, 0.2) is 5.82 Å². The van der Waals surface area contributed by atoms with E-state index in [0.29, 0.717) is 5.92 Å². The van der Waals surface area contributed by atoms with E-state index in [0.717, 1.165) is 48.4 Å². The molecule has 3 aliphatic rings. The summed E-state index contributed by atoms with van der Waals surface area (Å²) in [5.41, 5.74) is 0. The molecule has 3 aliphatic carbocycles. The fourth-order valence-electron chi connectivity index (χ4n) is 4.40. The smallest absolute Gasteiger partial charge is 0.230 e. The molecule has 17 heavy (non-hydrogen) atoms. The maximum absolute atomic E-state index is 5.46. The largest absolute Gasteiger partial charge is 0.339 e. The fraction of sp³-hybridized carbons (Fsp3) is 0.846. The molecule has 4 unspecified atom stereocenters. The normalized spacial score (nSPS) is 41.8. The van der Waals surface area contributed by atoms with Gasteiger partial charge in [-0.15, -0.1) is 0 Å². The van der Waals surface area contributed by atoms with Gasteiger partial charge in [0.1, 0.15) is 0 Å². The molecule has 0 aromatic carbocycles. The highest BCUT2D eigenvalue weighted by Gasteiger charge is 2.67. The van der Waals surface area contributed by atoms with Crippen molar-refractivity contribution in [3.8, 4) is 0 Å². The molecule has 0 saturated heterocycles. The molecule has 1 aromatic heterocycles. The number of aromatic nitrogens is 2. The Morgan fingerprint density at radius 3 is 2.76 bits per heavy atom. The Kier molecular flexibility index (Phi) is 2.10. The highest BCUT2D eigenvalue weighted by atomic mass is 16.5. The number of likely N-dealkylation sites (N-methyl/N-ethyl adjacent to an activating group) is 1. The minimum Gasteiger partial charge on any atom is -0.339 e. The molecule has 1 N–H and O–H groups in total. The van der Waals surface area contributed by atoms with Crippen LogP contribution in [0.15, 0.2) is 4.52 Å². The molecule has 92 valence electrons. The van der Waals surface area contributed by atoms with Crippen molar-refractivity contribution in [1.29, 1.82) is 0 Å². The van der Waals surface area contributed by atoms with Gasteiger partial charge in [-0.2, -0.15) is 4.98 Å². The van der Waals surface area contributed by atoms with Crippen LogP contribution in [0.4, 0.5) is 0 Å². The van der Waals surface area contributed by atoms with Crippen molar-refractivity contribution in [2.24, 2.45) is 23.7 Å². The lowest BCUT2D eigenvalue weighted by Gasteiger charge is -2.04. The Balaban J connectivity index is 1.48. The van der Waals surface area contributed by atoms with Crippen molar-refractivity contribution in [2.75, 3.05) is 13.6 Å². The first-order chi connectivity index (χ1) is 8.38. The Hall–Kier alpha value is -0.900. The Labute approximate surface area is 101 Å². The van der Waals surface area contributed by atoms with E-state index in [4.69, 9.17) is 4.52 Å². The monoisotopic (exact) mass is 233 g/mol. The molecule has 0 spiro atoms. The summed E-state index contributed by atoms with van der Waals surface area (Å²) in [6, 6.07) is 0. The predicted molar refractivity (Wildman–Crippen MR) is 62.5 cm³/mol. The van der Waals surface area contributed by atoms with Crippen LogP contribution in [-0.4, -0.2) is 23.7 Å². The first kappa shape index (κ1) is 10.1. The van der Waals surface area contributed by atoms with Crippen LogP contribution in [0, 0.1) is 23.7 Å². The molecule has 3 saturated carbocycles. The lowest BCUT2D eigenvalue weighted by Crippen LogP contribution is -2.11. The molecule has 4 heteroatoms. The summed E-state index contributed by atoms with van der Waals surface area (Å²) in [4.78, 5) is 4.57. The zero-order chi connectivity index (χ0) is 11.4. The molecule has 3 fully saturated rings. The fourth-order valence-corrected chi connectivity index (χ4v) is 4.40. The van der Waals surface area contributed by atoms with Gasteiger partial charge in [-0.25, -0.2) is 0 Å². The van der Waals surface area contributed by atoms with E-state index in [1.807, 2.05) is 7.05 Å². The molecular formula is C13H19N3O. The van der Waals surface area contributed by atoms with Gasteiger partial charge in [-0.05, 0) is 50.0 Å². The second kappa shape index (κ2) is 3.55. The average Bonchev–Trinajstić information content (AvgIpc) is 2.78. The van der Waals surface area contributed by atoms with Gasteiger partial charge >= 0.3 is 0 Å². The van der Waals surface area contributed by atoms with Crippen LogP contribution < -0.4 is 5.32 Å². The summed E-state index contributed by atoms with van der Waals surface area (Å²) >= 11 is 0. The molecular weight excluding hydrogens is 214 g/mol. The summed E-state index contributed by atoms with van der Waals surface area (Å²) in [5.74, 6) is 6.16. The van der Waals surface area contributed by atoms with Crippen molar-refractivity contribution in [3.05, 3.63) is 11.7 Å². The third kappa shape index (κ3) is 1.39. The van der Waals surface area contributed by atoms with E-state index >= 15 is 0 Å². The lowest BCUT2D eigenvalue weighted by molar-refractivity contribution is 0.352. The summed E-state index contributed by atoms with van der Waals surface area (Å²) in [6.07, 6.45) is 5.24. The Bertz CT molecular complexity index is 414. The van der Waals surface area contributed by atoms with Gasteiger partial charge in [0, 0.05) is 18.9 Å². The summed E-state index contributed by atoms with van der Waals surface area (Å²) in [5, 5.41) is 7.20. The minimum absolute atomic E-state index is 0.622. The van der Waals surface area contributed by atoms with Crippen molar-refractivity contribution in [2.45, 2.75) is 31.6 Å². The second-order valence-electron chi connectivity index (χ2n) is 5.92. The van der Waals surface area contributed by atoms with E-state index in [9.17, 15) is 0 Å². The van der Waals surface area contributed by atoms with Crippen LogP contribution in [0.25, 0.3) is 0 Å². The zero-order valence-electron chi connectivity index (χ0n) is 10.2. The molecule has 4 atom stereocenters. The van der Waals surface area contributed by atoms with E-state index < -0.39 is 0 Å². The molecule has 1 heterocycles. The van der Waals surface area contributed by atoms with Crippen molar-refractivity contribution >= 4 is 0 Å². The van der Waals surface area contributed by atoms with Gasteiger partial charge in [0.2, 0.25) is 5.89 Å². The number of fused-ring (bicyclic) bond motifs is 5. The SMILES string of the molecule is CNCCc1noc(C2C3C4CCC(C4)C23)n1. The average molecular weight is 233 g/mol. The van der Waals surface area contributed by atoms with Gasteiger partial charge in [0.25, 0.3) is 0 Å². The van der Waals surface area contributed by atoms with Crippen LogP contribution in [0.3, 0.4) is 0 Å². The Morgan fingerprint density at radius 1 is 1.29 bits per heavy atom. The lowest BCUT2D eigenvalue weighted by atomic mass is 10.0. The maximum atomic E-state index is 5.46. The van der Waals surface area contributed by atoms with E-state index in [1.165, 1.54) is 19.3 Å². The van der Waals surface area contributed by atoms with Crippen LogP contribution in [-0.2, 0) is 6.42 Å². The van der Waals surface area contributed by atoms with Crippen molar-refractivity contribution in [1.82, 2.24) is 15.5 Å². The molecule has 0 amide bonds. The first-order valence-corrected chi connectivity index (χ1v) is 6.85. The standard InChI is InChI=1S/C13H19N3O/c1-14-5-4-9-15-13(17-16-9)12-10-7-2-3-8(6-7)11(10)12/h7-8,10-12,14H,2-6H2,1H3. The Morgan fingerprint density at radius 2 is 2.06 bits per heavy atom. The first-order valence-electron chi connectivity index (χ1n) is 6.85. The van der Waals surface area contributed by atoms with E-state index in [1.54, 1.807) is 0 Å². The van der Waals surface area contributed by atoms with Gasteiger partial charge < -0.3 is 9.84 Å².